The van der Waals surface area contributed by atoms with Crippen molar-refractivity contribution in [1.29, 1.82) is 0 Å². The van der Waals surface area contributed by atoms with Gasteiger partial charge in [0, 0.05) is 13.1 Å². The zero-order chi connectivity index (χ0) is 11.8. The lowest BCUT2D eigenvalue weighted by Gasteiger charge is -2.26. The maximum atomic E-state index is 11.3. The molecule has 0 bridgehead atoms. The molecule has 0 aromatic carbocycles. The molecule has 0 heterocycles. The van der Waals surface area contributed by atoms with E-state index in [0.717, 1.165) is 37.8 Å². The van der Waals surface area contributed by atoms with Crippen LogP contribution in [-0.2, 0) is 0 Å². The molecule has 3 heteroatoms. The minimum Gasteiger partial charge on any atom is -0.338 e. The summed E-state index contributed by atoms with van der Waals surface area (Å²) in [4.78, 5) is 11.3. The van der Waals surface area contributed by atoms with Gasteiger partial charge < -0.3 is 10.6 Å². The summed E-state index contributed by atoms with van der Waals surface area (Å²) in [5, 5.41) is 5.76. The van der Waals surface area contributed by atoms with Crippen LogP contribution >= 0.6 is 0 Å². The number of rotatable bonds is 5. The van der Waals surface area contributed by atoms with Crippen molar-refractivity contribution in [3.8, 4) is 0 Å². The van der Waals surface area contributed by atoms with E-state index in [1.807, 2.05) is 0 Å². The molecule has 1 saturated carbocycles. The number of hydrogen-bond donors (Lipinski definition) is 2. The van der Waals surface area contributed by atoms with Gasteiger partial charge in [-0.05, 0) is 31.1 Å². The van der Waals surface area contributed by atoms with E-state index in [4.69, 9.17) is 0 Å². The minimum atomic E-state index is -0.00860. The molecule has 2 atom stereocenters. The molecule has 2 unspecified atom stereocenters. The van der Waals surface area contributed by atoms with Gasteiger partial charge in [0.15, 0.2) is 0 Å². The highest BCUT2D eigenvalue weighted by molar-refractivity contribution is 5.73. The summed E-state index contributed by atoms with van der Waals surface area (Å²) in [6.45, 7) is 6.00. The van der Waals surface area contributed by atoms with Gasteiger partial charge in [-0.1, -0.05) is 33.1 Å². The second kappa shape index (κ2) is 7.53. The molecule has 2 amide bonds. The average molecular weight is 226 g/mol. The van der Waals surface area contributed by atoms with Crippen LogP contribution in [0.25, 0.3) is 0 Å². The van der Waals surface area contributed by atoms with E-state index < -0.39 is 0 Å². The molecule has 0 aromatic heterocycles. The lowest BCUT2D eigenvalue weighted by Crippen LogP contribution is -2.37. The predicted molar refractivity (Wildman–Crippen MR) is 67.4 cm³/mol. The Bertz CT molecular complexity index is 206. The summed E-state index contributed by atoms with van der Waals surface area (Å²) in [5.41, 5.74) is 0. The Kier molecular flexibility index (Phi) is 6.27. The third kappa shape index (κ3) is 5.38. The zero-order valence-electron chi connectivity index (χ0n) is 10.7. The normalized spacial score (nSPS) is 25.1. The molecule has 0 aliphatic heterocycles. The maximum Gasteiger partial charge on any atom is 0.314 e. The minimum absolute atomic E-state index is 0.00860. The number of urea groups is 1. The standard InChI is InChI=1S/C13H26N2O/c1-3-8-14-13(16)15-9-7-12-6-4-5-11(2)10-12/h11-12H,3-10H2,1-2H3,(H2,14,15,16). The molecule has 94 valence electrons. The van der Waals surface area contributed by atoms with E-state index in [2.05, 4.69) is 24.5 Å². The first-order valence-electron chi connectivity index (χ1n) is 6.74. The van der Waals surface area contributed by atoms with Crippen molar-refractivity contribution < 1.29 is 4.79 Å². The molecular formula is C13H26N2O. The van der Waals surface area contributed by atoms with Crippen LogP contribution in [0.3, 0.4) is 0 Å². The molecule has 0 aromatic rings. The van der Waals surface area contributed by atoms with Crippen LogP contribution in [0, 0.1) is 11.8 Å². The molecule has 1 aliphatic rings. The van der Waals surface area contributed by atoms with Crippen molar-refractivity contribution in [2.24, 2.45) is 11.8 Å². The fraction of sp³-hybridized carbons (Fsp3) is 0.923. The lowest BCUT2D eigenvalue weighted by atomic mass is 9.81. The number of carbonyl (C=O) groups excluding carboxylic acids is 1. The monoisotopic (exact) mass is 226 g/mol. The van der Waals surface area contributed by atoms with Gasteiger partial charge >= 0.3 is 6.03 Å². The van der Waals surface area contributed by atoms with Gasteiger partial charge in [0.1, 0.15) is 0 Å². The van der Waals surface area contributed by atoms with Crippen molar-refractivity contribution in [3.63, 3.8) is 0 Å². The second-order valence-electron chi connectivity index (χ2n) is 5.11. The van der Waals surface area contributed by atoms with E-state index in [-0.39, 0.29) is 6.03 Å². The summed E-state index contributed by atoms with van der Waals surface area (Å²) < 4.78 is 0. The van der Waals surface area contributed by atoms with Gasteiger partial charge in [-0.25, -0.2) is 4.79 Å². The molecular weight excluding hydrogens is 200 g/mol. The topological polar surface area (TPSA) is 41.1 Å². The van der Waals surface area contributed by atoms with E-state index >= 15 is 0 Å². The van der Waals surface area contributed by atoms with E-state index in [1.54, 1.807) is 0 Å². The van der Waals surface area contributed by atoms with Crippen LogP contribution in [0.15, 0.2) is 0 Å². The average Bonchev–Trinajstić information content (AvgIpc) is 2.26. The first-order chi connectivity index (χ1) is 7.72. The van der Waals surface area contributed by atoms with Crippen LogP contribution in [0.1, 0.15) is 52.4 Å². The van der Waals surface area contributed by atoms with Crippen LogP contribution < -0.4 is 10.6 Å². The summed E-state index contributed by atoms with van der Waals surface area (Å²) in [6.07, 6.45) is 7.59. The van der Waals surface area contributed by atoms with E-state index in [0.29, 0.717) is 0 Å². The third-order valence-corrected chi connectivity index (χ3v) is 3.42. The fourth-order valence-corrected chi connectivity index (χ4v) is 2.51. The SMILES string of the molecule is CCCNC(=O)NCCC1CCCC(C)C1. The quantitative estimate of drug-likeness (QED) is 0.743. The van der Waals surface area contributed by atoms with Crippen LogP contribution in [0.2, 0.25) is 0 Å². The zero-order valence-corrected chi connectivity index (χ0v) is 10.7. The summed E-state index contributed by atoms with van der Waals surface area (Å²) in [5.74, 6) is 1.71. The third-order valence-electron chi connectivity index (χ3n) is 3.42. The van der Waals surface area contributed by atoms with Gasteiger partial charge in [0.2, 0.25) is 0 Å². The van der Waals surface area contributed by atoms with Gasteiger partial charge in [0.25, 0.3) is 0 Å². The highest BCUT2D eigenvalue weighted by atomic mass is 16.2. The fourth-order valence-electron chi connectivity index (χ4n) is 2.51. The maximum absolute atomic E-state index is 11.3. The molecule has 1 fully saturated rings. The van der Waals surface area contributed by atoms with E-state index in [9.17, 15) is 4.79 Å². The Labute approximate surface area is 99.4 Å². The first-order valence-corrected chi connectivity index (χ1v) is 6.74. The van der Waals surface area contributed by atoms with Crippen molar-refractivity contribution >= 4 is 6.03 Å². The van der Waals surface area contributed by atoms with E-state index in [1.165, 1.54) is 25.7 Å². The largest absolute Gasteiger partial charge is 0.338 e. The smallest absolute Gasteiger partial charge is 0.314 e. The highest BCUT2D eigenvalue weighted by Gasteiger charge is 2.18. The van der Waals surface area contributed by atoms with Crippen molar-refractivity contribution in [1.82, 2.24) is 10.6 Å². The Morgan fingerprint density at radius 3 is 2.69 bits per heavy atom. The van der Waals surface area contributed by atoms with Gasteiger partial charge in [-0.3, -0.25) is 0 Å². The van der Waals surface area contributed by atoms with Crippen LogP contribution in [0.4, 0.5) is 4.79 Å². The number of carbonyl (C=O) groups is 1. The van der Waals surface area contributed by atoms with Gasteiger partial charge in [-0.2, -0.15) is 0 Å². The molecule has 1 aliphatic carbocycles. The molecule has 2 N–H and O–H groups in total. The van der Waals surface area contributed by atoms with Gasteiger partial charge in [0.05, 0.1) is 0 Å². The molecule has 0 radical (unpaired) electrons. The number of nitrogens with one attached hydrogen (secondary N) is 2. The lowest BCUT2D eigenvalue weighted by molar-refractivity contribution is 0.236. The summed E-state index contributed by atoms with van der Waals surface area (Å²) >= 11 is 0. The first kappa shape index (κ1) is 13.3. The summed E-state index contributed by atoms with van der Waals surface area (Å²) in [6, 6.07) is -0.00860. The molecule has 0 saturated heterocycles. The predicted octanol–water partition coefficient (Wildman–Crippen LogP) is 2.91. The Morgan fingerprint density at radius 1 is 1.25 bits per heavy atom. The second-order valence-corrected chi connectivity index (χ2v) is 5.11. The number of amides is 2. The van der Waals surface area contributed by atoms with Crippen molar-refractivity contribution in [2.75, 3.05) is 13.1 Å². The Hall–Kier alpha value is -0.730. The molecule has 0 spiro atoms. The van der Waals surface area contributed by atoms with Crippen LogP contribution in [0.5, 0.6) is 0 Å². The van der Waals surface area contributed by atoms with Crippen LogP contribution in [-0.4, -0.2) is 19.1 Å². The Morgan fingerprint density at radius 2 is 2.00 bits per heavy atom. The molecule has 3 nitrogen and oxygen atoms in total. The van der Waals surface area contributed by atoms with Crippen molar-refractivity contribution in [3.05, 3.63) is 0 Å². The molecule has 16 heavy (non-hydrogen) atoms. The van der Waals surface area contributed by atoms with Crippen molar-refractivity contribution in [2.45, 2.75) is 52.4 Å². The Balaban J connectivity index is 2.03. The van der Waals surface area contributed by atoms with Gasteiger partial charge in [-0.15, -0.1) is 0 Å². The number of hydrogen-bond acceptors (Lipinski definition) is 1. The summed E-state index contributed by atoms with van der Waals surface area (Å²) in [7, 11) is 0. The molecule has 1 rings (SSSR count). The highest BCUT2D eigenvalue weighted by Crippen LogP contribution is 2.30.